The summed E-state index contributed by atoms with van der Waals surface area (Å²) in [6, 6.07) is 21.2. The summed E-state index contributed by atoms with van der Waals surface area (Å²) in [5, 5.41) is 3.35. The van der Waals surface area contributed by atoms with E-state index in [0.717, 1.165) is 16.9 Å². The van der Waals surface area contributed by atoms with Crippen LogP contribution in [0.25, 0.3) is 6.08 Å². The van der Waals surface area contributed by atoms with E-state index in [1.165, 1.54) is 10.5 Å². The molecule has 1 heterocycles. The third-order valence-electron chi connectivity index (χ3n) is 5.84. The largest absolute Gasteiger partial charge is 0.496 e. The number of amides is 1. The zero-order valence-electron chi connectivity index (χ0n) is 20.9. The van der Waals surface area contributed by atoms with Crippen LogP contribution < -0.4 is 24.4 Å². The fourth-order valence-electron chi connectivity index (χ4n) is 3.95. The smallest absolute Gasteiger partial charge is 0.281 e. The number of carbonyl (C=O) groups is 1. The number of thiocarbonyl (C=S) groups is 1. The van der Waals surface area contributed by atoms with E-state index in [2.05, 4.69) is 31.3 Å². The average molecular weight is 503 g/mol. The topological polar surface area (TPSA) is 60.0 Å². The first-order valence-corrected chi connectivity index (χ1v) is 12.3. The number of nitrogens with one attached hydrogen (secondary N) is 1. The molecule has 1 amide bonds. The summed E-state index contributed by atoms with van der Waals surface area (Å²) in [6.07, 6.45) is 1.78. The zero-order valence-corrected chi connectivity index (χ0v) is 21.7. The second-order valence-electron chi connectivity index (χ2n) is 8.61. The van der Waals surface area contributed by atoms with E-state index in [9.17, 15) is 4.79 Å². The Bertz CT molecular complexity index is 1280. The molecule has 0 unspecified atom stereocenters. The van der Waals surface area contributed by atoms with E-state index >= 15 is 0 Å². The Kier molecular flexibility index (Phi) is 7.90. The van der Waals surface area contributed by atoms with Crippen molar-refractivity contribution >= 4 is 35.0 Å². The van der Waals surface area contributed by atoms with Crippen LogP contribution in [0.1, 0.15) is 43.4 Å². The van der Waals surface area contributed by atoms with Crippen LogP contribution >= 0.6 is 12.2 Å². The van der Waals surface area contributed by atoms with Crippen molar-refractivity contribution in [2.24, 2.45) is 0 Å². The van der Waals surface area contributed by atoms with Gasteiger partial charge in [0.2, 0.25) is 0 Å². The van der Waals surface area contributed by atoms with Gasteiger partial charge in [-0.05, 0) is 78.7 Å². The van der Waals surface area contributed by atoms with Gasteiger partial charge in [0.15, 0.2) is 5.11 Å². The third kappa shape index (κ3) is 5.52. The molecule has 1 fully saturated rings. The van der Waals surface area contributed by atoms with Crippen molar-refractivity contribution < 1.29 is 19.0 Å². The minimum Gasteiger partial charge on any atom is -0.496 e. The summed E-state index contributed by atoms with van der Waals surface area (Å²) in [6.45, 7) is 7.04. The van der Waals surface area contributed by atoms with Crippen LogP contribution in [0, 0.1) is 0 Å². The van der Waals surface area contributed by atoms with Crippen molar-refractivity contribution in [1.29, 1.82) is 0 Å². The van der Waals surface area contributed by atoms with Crippen molar-refractivity contribution in [3.63, 3.8) is 0 Å². The fourth-order valence-corrected chi connectivity index (χ4v) is 4.24. The molecule has 1 aliphatic rings. The number of methoxy groups -OCH3 is 1. The van der Waals surface area contributed by atoms with Crippen LogP contribution in [0.2, 0.25) is 0 Å². The molecule has 0 aromatic heterocycles. The Labute approximate surface area is 217 Å². The van der Waals surface area contributed by atoms with E-state index in [0.29, 0.717) is 47.1 Å². The van der Waals surface area contributed by atoms with Crippen LogP contribution in [0.15, 0.2) is 72.4 Å². The summed E-state index contributed by atoms with van der Waals surface area (Å²) < 4.78 is 17.2. The van der Waals surface area contributed by atoms with E-state index in [4.69, 9.17) is 26.4 Å². The normalized spacial score (nSPS) is 14.4. The maximum absolute atomic E-state index is 13.3. The van der Waals surface area contributed by atoms with Gasteiger partial charge < -0.3 is 19.5 Å². The minimum absolute atomic E-state index is 0.244. The van der Waals surface area contributed by atoms with Crippen LogP contribution in [-0.2, 0) is 11.4 Å². The van der Waals surface area contributed by atoms with Gasteiger partial charge in [0.25, 0.3) is 5.91 Å². The molecular formula is C29H30N2O4S. The Morgan fingerprint density at radius 1 is 1.00 bits per heavy atom. The number of benzene rings is 3. The summed E-state index contributed by atoms with van der Waals surface area (Å²) in [5.74, 6) is 2.32. The molecule has 0 saturated carbocycles. The molecule has 4 rings (SSSR count). The second kappa shape index (κ2) is 11.3. The van der Waals surface area contributed by atoms with Crippen molar-refractivity contribution in [2.45, 2.75) is 33.3 Å². The Balaban J connectivity index is 1.55. The molecule has 1 N–H and O–H groups in total. The molecule has 3 aromatic carbocycles. The van der Waals surface area contributed by atoms with Gasteiger partial charge >= 0.3 is 0 Å². The second-order valence-corrected chi connectivity index (χ2v) is 9.00. The summed E-state index contributed by atoms with van der Waals surface area (Å²) in [4.78, 5) is 14.7. The SMILES string of the molecule is CCOc1ccccc1N1C(=O)/C(=C\c2ccc(OC)c(COc3ccc(C(C)C)cc3)c2)NC1=S. The Morgan fingerprint density at radius 3 is 2.44 bits per heavy atom. The van der Waals surface area contributed by atoms with Crippen molar-refractivity contribution in [1.82, 2.24) is 5.32 Å². The quantitative estimate of drug-likeness (QED) is 0.284. The fraction of sp³-hybridized carbons (Fsp3) is 0.241. The van der Waals surface area contributed by atoms with Gasteiger partial charge in [-0.3, -0.25) is 4.79 Å². The summed E-state index contributed by atoms with van der Waals surface area (Å²) >= 11 is 5.48. The molecule has 6 nitrogen and oxygen atoms in total. The molecule has 1 saturated heterocycles. The van der Waals surface area contributed by atoms with Crippen molar-refractivity contribution in [2.75, 3.05) is 18.6 Å². The lowest BCUT2D eigenvalue weighted by Crippen LogP contribution is -2.30. The molecular weight excluding hydrogens is 472 g/mol. The van der Waals surface area contributed by atoms with Crippen LogP contribution in [0.4, 0.5) is 5.69 Å². The first-order chi connectivity index (χ1) is 17.4. The average Bonchev–Trinajstić information content (AvgIpc) is 3.16. The third-order valence-corrected chi connectivity index (χ3v) is 6.13. The minimum atomic E-state index is -0.244. The molecule has 186 valence electrons. The first-order valence-electron chi connectivity index (χ1n) is 11.9. The molecule has 0 aliphatic carbocycles. The number of nitrogens with zero attached hydrogens (tertiary/aromatic N) is 1. The lowest BCUT2D eigenvalue weighted by molar-refractivity contribution is -0.113. The highest BCUT2D eigenvalue weighted by molar-refractivity contribution is 7.80. The Hall–Kier alpha value is -3.84. The highest BCUT2D eigenvalue weighted by Gasteiger charge is 2.33. The number of para-hydroxylation sites is 2. The predicted molar refractivity (Wildman–Crippen MR) is 147 cm³/mol. The summed E-state index contributed by atoms with van der Waals surface area (Å²) in [5.41, 5.74) is 3.94. The molecule has 7 heteroatoms. The van der Waals surface area contributed by atoms with E-state index in [1.807, 2.05) is 61.5 Å². The van der Waals surface area contributed by atoms with Gasteiger partial charge in [0.05, 0.1) is 19.4 Å². The molecule has 1 aliphatic heterocycles. The number of rotatable bonds is 9. The van der Waals surface area contributed by atoms with Gasteiger partial charge in [-0.25, -0.2) is 4.90 Å². The Morgan fingerprint density at radius 2 is 1.75 bits per heavy atom. The van der Waals surface area contributed by atoms with Gasteiger partial charge in [0, 0.05) is 5.56 Å². The zero-order chi connectivity index (χ0) is 25.7. The van der Waals surface area contributed by atoms with Crippen LogP contribution in [0.3, 0.4) is 0 Å². The van der Waals surface area contributed by atoms with Gasteiger partial charge in [-0.15, -0.1) is 0 Å². The molecule has 0 spiro atoms. The molecule has 0 bridgehead atoms. The van der Waals surface area contributed by atoms with Gasteiger partial charge in [0.1, 0.15) is 29.6 Å². The maximum Gasteiger partial charge on any atom is 0.281 e. The number of anilines is 1. The highest BCUT2D eigenvalue weighted by atomic mass is 32.1. The first kappa shape index (κ1) is 25.3. The lowest BCUT2D eigenvalue weighted by Gasteiger charge is -2.18. The van der Waals surface area contributed by atoms with E-state index < -0.39 is 0 Å². The lowest BCUT2D eigenvalue weighted by atomic mass is 10.0. The molecule has 0 radical (unpaired) electrons. The van der Waals surface area contributed by atoms with Crippen molar-refractivity contribution in [3.05, 3.63) is 89.1 Å². The molecule has 36 heavy (non-hydrogen) atoms. The van der Waals surface area contributed by atoms with Crippen molar-refractivity contribution in [3.8, 4) is 17.2 Å². The number of ether oxygens (including phenoxy) is 3. The van der Waals surface area contributed by atoms with Gasteiger partial charge in [-0.2, -0.15) is 0 Å². The van der Waals surface area contributed by atoms with E-state index in [1.54, 1.807) is 13.2 Å². The molecule has 3 aromatic rings. The van der Waals surface area contributed by atoms with E-state index in [-0.39, 0.29) is 5.91 Å². The molecule has 0 atom stereocenters. The standard InChI is InChI=1S/C29H30N2O4S/c1-5-34-27-9-7-6-8-25(27)31-28(32)24(30-29(31)36)17-20-10-15-26(33-4)22(16-20)18-35-23-13-11-21(12-14-23)19(2)3/h6-17,19H,5,18H2,1-4H3,(H,30,36)/b24-17+. The van der Waals surface area contributed by atoms with Crippen LogP contribution in [-0.4, -0.2) is 24.7 Å². The van der Waals surface area contributed by atoms with Crippen LogP contribution in [0.5, 0.6) is 17.2 Å². The predicted octanol–water partition coefficient (Wildman–Crippen LogP) is 6.06. The number of hydrogen-bond acceptors (Lipinski definition) is 5. The number of carbonyl (C=O) groups excluding carboxylic acids is 1. The maximum atomic E-state index is 13.3. The summed E-state index contributed by atoms with van der Waals surface area (Å²) in [7, 11) is 1.63. The number of hydrogen-bond donors (Lipinski definition) is 1. The monoisotopic (exact) mass is 502 g/mol. The highest BCUT2D eigenvalue weighted by Crippen LogP contribution is 2.32. The van der Waals surface area contributed by atoms with Gasteiger partial charge in [-0.1, -0.05) is 44.2 Å².